The van der Waals surface area contributed by atoms with E-state index in [0.29, 0.717) is 13.2 Å². The molecule has 2 aromatic rings. The molecule has 0 N–H and O–H groups in total. The Balaban J connectivity index is 1.81. The lowest BCUT2D eigenvalue weighted by atomic mass is 10.1. The van der Waals surface area contributed by atoms with Crippen molar-refractivity contribution in [2.45, 2.75) is 33.3 Å². The lowest BCUT2D eigenvalue weighted by Crippen LogP contribution is -2.26. The van der Waals surface area contributed by atoms with Gasteiger partial charge in [0.05, 0.1) is 11.1 Å². The highest BCUT2D eigenvalue weighted by Crippen LogP contribution is 2.38. The molecule has 1 fully saturated rings. The van der Waals surface area contributed by atoms with Gasteiger partial charge in [-0.25, -0.2) is 0 Å². The monoisotopic (exact) mass is 433 g/mol. The summed E-state index contributed by atoms with van der Waals surface area (Å²) in [6.07, 6.45) is 2.41. The molecule has 3 rings (SSSR count). The summed E-state index contributed by atoms with van der Waals surface area (Å²) in [6, 6.07) is 12.4. The Morgan fingerprint density at radius 1 is 1.12 bits per heavy atom. The van der Waals surface area contributed by atoms with Crippen LogP contribution in [0.4, 0.5) is 0 Å². The van der Waals surface area contributed by atoms with Gasteiger partial charge in [-0.05, 0) is 60.3 Å². The predicted octanol–water partition coefficient (Wildman–Crippen LogP) is 5.51. The Hall–Kier alpha value is -1.59. The van der Waals surface area contributed by atoms with E-state index in [0.717, 1.165) is 45.2 Å². The molecule has 1 aliphatic rings. The van der Waals surface area contributed by atoms with E-state index in [1.165, 1.54) is 18.4 Å². The maximum atomic E-state index is 6.08. The third-order valence-electron chi connectivity index (χ3n) is 4.45. The van der Waals surface area contributed by atoms with Gasteiger partial charge in [0.25, 0.3) is 0 Å². The fraction of sp³-hybridized carbons (Fsp3) is 0.381. The van der Waals surface area contributed by atoms with Gasteiger partial charge in [0.1, 0.15) is 11.6 Å². The first-order valence-electron chi connectivity index (χ1n) is 9.02. The molecule has 0 saturated carbocycles. The van der Waals surface area contributed by atoms with E-state index in [2.05, 4.69) is 52.0 Å². The lowest BCUT2D eigenvalue weighted by molar-refractivity contribution is 0.267. The maximum absolute atomic E-state index is 6.08. The largest absolute Gasteiger partial charge is 0.490 e. The molecule has 26 heavy (non-hydrogen) atoms. The molecule has 0 radical (unpaired) electrons. The average molecular weight is 434 g/mol. The molecule has 2 aromatic carbocycles. The molecule has 5 heteroatoms. The SMILES string of the molecule is CCOc1cc(C(=S)N2CCCC2)cc(Br)c1OCc1ccc(C)cc1. The van der Waals surface area contributed by atoms with Gasteiger partial charge in [-0.15, -0.1) is 0 Å². The van der Waals surface area contributed by atoms with Crippen LogP contribution in [-0.4, -0.2) is 29.6 Å². The molecule has 1 saturated heterocycles. The first-order valence-corrected chi connectivity index (χ1v) is 10.2. The van der Waals surface area contributed by atoms with Gasteiger partial charge in [0.2, 0.25) is 0 Å². The zero-order valence-electron chi connectivity index (χ0n) is 15.3. The summed E-state index contributed by atoms with van der Waals surface area (Å²) >= 11 is 9.34. The van der Waals surface area contributed by atoms with Crippen molar-refractivity contribution in [3.63, 3.8) is 0 Å². The van der Waals surface area contributed by atoms with Gasteiger partial charge in [-0.2, -0.15) is 0 Å². The number of hydrogen-bond donors (Lipinski definition) is 0. The third-order valence-corrected chi connectivity index (χ3v) is 5.54. The molecule has 0 aromatic heterocycles. The summed E-state index contributed by atoms with van der Waals surface area (Å²) in [5.74, 6) is 1.45. The molecule has 1 heterocycles. The summed E-state index contributed by atoms with van der Waals surface area (Å²) in [4.78, 5) is 3.15. The van der Waals surface area contributed by atoms with Crippen LogP contribution in [0.1, 0.15) is 36.5 Å². The third kappa shape index (κ3) is 4.57. The van der Waals surface area contributed by atoms with Crippen LogP contribution in [0.3, 0.4) is 0 Å². The summed E-state index contributed by atoms with van der Waals surface area (Å²) in [6.45, 7) is 7.19. The molecule has 0 aliphatic carbocycles. The van der Waals surface area contributed by atoms with Gasteiger partial charge in [-0.1, -0.05) is 42.0 Å². The predicted molar refractivity (Wildman–Crippen MR) is 113 cm³/mol. The Morgan fingerprint density at radius 3 is 2.46 bits per heavy atom. The van der Waals surface area contributed by atoms with Crippen LogP contribution >= 0.6 is 28.1 Å². The zero-order chi connectivity index (χ0) is 18.5. The van der Waals surface area contributed by atoms with Crippen LogP contribution in [-0.2, 0) is 6.61 Å². The molecule has 1 aliphatic heterocycles. The van der Waals surface area contributed by atoms with Crippen LogP contribution in [0, 0.1) is 6.92 Å². The number of hydrogen-bond acceptors (Lipinski definition) is 3. The highest BCUT2D eigenvalue weighted by Gasteiger charge is 2.20. The molecule has 138 valence electrons. The van der Waals surface area contributed by atoms with Gasteiger partial charge >= 0.3 is 0 Å². The van der Waals surface area contributed by atoms with Crippen LogP contribution in [0.2, 0.25) is 0 Å². The van der Waals surface area contributed by atoms with Crippen molar-refractivity contribution in [3.05, 3.63) is 57.6 Å². The molecular weight excluding hydrogens is 410 g/mol. The van der Waals surface area contributed by atoms with Crippen molar-refractivity contribution in [1.82, 2.24) is 4.90 Å². The maximum Gasteiger partial charge on any atom is 0.175 e. The van der Waals surface area contributed by atoms with Crippen LogP contribution in [0.25, 0.3) is 0 Å². The van der Waals surface area contributed by atoms with Gasteiger partial charge in [0, 0.05) is 18.7 Å². The van der Waals surface area contributed by atoms with Gasteiger partial charge in [0.15, 0.2) is 11.5 Å². The fourth-order valence-corrected chi connectivity index (χ4v) is 3.89. The van der Waals surface area contributed by atoms with Crippen molar-refractivity contribution in [2.24, 2.45) is 0 Å². The summed E-state index contributed by atoms with van der Waals surface area (Å²) in [7, 11) is 0. The van der Waals surface area contributed by atoms with Crippen molar-refractivity contribution in [2.75, 3.05) is 19.7 Å². The molecule has 0 bridgehead atoms. The fourth-order valence-electron chi connectivity index (χ4n) is 3.04. The van der Waals surface area contributed by atoms with E-state index in [-0.39, 0.29) is 0 Å². The number of aryl methyl sites for hydroxylation is 1. The Kier molecular flexibility index (Phi) is 6.54. The molecular formula is C21H24BrNO2S. The van der Waals surface area contributed by atoms with Gasteiger partial charge < -0.3 is 14.4 Å². The highest BCUT2D eigenvalue weighted by atomic mass is 79.9. The van der Waals surface area contributed by atoms with Crippen LogP contribution in [0.5, 0.6) is 11.5 Å². The van der Waals surface area contributed by atoms with E-state index in [9.17, 15) is 0 Å². The minimum atomic E-state index is 0.495. The van der Waals surface area contributed by atoms with Crippen molar-refractivity contribution < 1.29 is 9.47 Å². The molecule has 0 amide bonds. The molecule has 3 nitrogen and oxygen atoms in total. The number of likely N-dealkylation sites (tertiary alicyclic amines) is 1. The number of nitrogens with zero attached hydrogens (tertiary/aromatic N) is 1. The van der Waals surface area contributed by atoms with Crippen LogP contribution < -0.4 is 9.47 Å². The summed E-state index contributed by atoms with van der Waals surface area (Å²) in [5.41, 5.74) is 3.37. The minimum Gasteiger partial charge on any atom is -0.490 e. The second-order valence-corrected chi connectivity index (χ2v) is 7.73. The second kappa shape index (κ2) is 8.87. The Labute approximate surface area is 169 Å². The first-order chi connectivity index (χ1) is 12.6. The normalized spacial score (nSPS) is 13.7. The van der Waals surface area contributed by atoms with E-state index < -0.39 is 0 Å². The summed E-state index contributed by atoms with van der Waals surface area (Å²) < 4.78 is 12.8. The number of thiocarbonyl (C=S) groups is 1. The number of rotatable bonds is 6. The second-order valence-electron chi connectivity index (χ2n) is 6.49. The highest BCUT2D eigenvalue weighted by molar-refractivity contribution is 9.10. The average Bonchev–Trinajstić information content (AvgIpc) is 3.16. The zero-order valence-corrected chi connectivity index (χ0v) is 17.7. The van der Waals surface area contributed by atoms with Crippen LogP contribution in [0.15, 0.2) is 40.9 Å². The van der Waals surface area contributed by atoms with E-state index in [4.69, 9.17) is 21.7 Å². The number of benzene rings is 2. The Bertz CT molecular complexity index is 770. The lowest BCUT2D eigenvalue weighted by Gasteiger charge is -2.21. The topological polar surface area (TPSA) is 21.7 Å². The molecule has 0 unspecified atom stereocenters. The number of ether oxygens (including phenoxy) is 2. The summed E-state index contributed by atoms with van der Waals surface area (Å²) in [5, 5.41) is 0. The smallest absolute Gasteiger partial charge is 0.175 e. The van der Waals surface area contributed by atoms with E-state index >= 15 is 0 Å². The van der Waals surface area contributed by atoms with Crippen molar-refractivity contribution >= 4 is 33.1 Å². The van der Waals surface area contributed by atoms with Crippen molar-refractivity contribution in [3.8, 4) is 11.5 Å². The Morgan fingerprint density at radius 2 is 1.81 bits per heavy atom. The first kappa shape index (κ1) is 19.2. The minimum absolute atomic E-state index is 0.495. The van der Waals surface area contributed by atoms with E-state index in [1.807, 2.05) is 19.1 Å². The van der Waals surface area contributed by atoms with Crippen molar-refractivity contribution in [1.29, 1.82) is 0 Å². The molecule has 0 spiro atoms. The van der Waals surface area contributed by atoms with E-state index in [1.54, 1.807) is 0 Å². The van der Waals surface area contributed by atoms with Gasteiger partial charge in [-0.3, -0.25) is 0 Å². The number of halogens is 1. The standard InChI is InChI=1S/C21H24BrNO2S/c1-3-24-19-13-17(21(26)23-10-4-5-11-23)12-18(22)20(19)25-14-16-8-6-15(2)7-9-16/h6-9,12-13H,3-5,10-11,14H2,1-2H3. The quantitative estimate of drug-likeness (QED) is 0.560. The molecule has 0 atom stereocenters.